The molecule has 1 aliphatic carbocycles. The average Bonchev–Trinajstić information content (AvgIpc) is 2.73. The van der Waals surface area contributed by atoms with Gasteiger partial charge in [-0.3, -0.25) is 9.59 Å². The number of carbonyl (C=O) groups excluding carboxylic acids is 2. The molecule has 0 saturated heterocycles. The van der Waals surface area contributed by atoms with Crippen molar-refractivity contribution in [2.45, 2.75) is 32.6 Å². The Hall–Kier alpha value is -3.41. The zero-order chi connectivity index (χ0) is 21.3. The number of allylic oxidation sites excluding steroid dienone is 3. The first-order valence-electron chi connectivity index (χ1n) is 10.1. The first-order valence-corrected chi connectivity index (χ1v) is 10.1. The van der Waals surface area contributed by atoms with Gasteiger partial charge in [-0.05, 0) is 49.1 Å². The van der Waals surface area contributed by atoms with Gasteiger partial charge in [0.2, 0.25) is 0 Å². The van der Waals surface area contributed by atoms with E-state index in [4.69, 9.17) is 4.74 Å². The maximum absolute atomic E-state index is 13.3. The number of ether oxygens (including phenoxy) is 1. The minimum absolute atomic E-state index is 0.0831. The minimum Gasteiger partial charge on any atom is -0.497 e. The monoisotopic (exact) mass is 403 g/mol. The van der Waals surface area contributed by atoms with Crippen molar-refractivity contribution in [3.8, 4) is 5.75 Å². The number of carbonyl (C=O) groups is 2. The standard InChI is InChI=1S/C24H25N3O3/c1-14-11-18-23(19(28)12-14)22(16-7-6-8-17(13-16)30-3)21(15(2)26-18)24(29)27-20-9-4-5-10-25-20/h4-10,13-14,22,26H,11-12H2,1-3H3,(H,25,27,29)/t14-,22-/m1/s1. The normalized spacial score (nSPS) is 21.1. The van der Waals surface area contributed by atoms with Crippen molar-refractivity contribution in [1.29, 1.82) is 0 Å². The van der Waals surface area contributed by atoms with Crippen LogP contribution in [0.25, 0.3) is 0 Å². The van der Waals surface area contributed by atoms with Crippen LogP contribution in [0.1, 0.15) is 38.2 Å². The molecule has 2 aromatic rings. The highest BCUT2D eigenvalue weighted by Gasteiger charge is 2.40. The van der Waals surface area contributed by atoms with Crippen LogP contribution in [0.5, 0.6) is 5.75 Å². The van der Waals surface area contributed by atoms with Gasteiger partial charge in [0.15, 0.2) is 5.78 Å². The number of amides is 1. The van der Waals surface area contributed by atoms with Crippen LogP contribution in [0.4, 0.5) is 5.82 Å². The quantitative estimate of drug-likeness (QED) is 0.808. The number of hydrogen-bond acceptors (Lipinski definition) is 5. The highest BCUT2D eigenvalue weighted by molar-refractivity contribution is 6.09. The molecule has 2 heterocycles. The van der Waals surface area contributed by atoms with Crippen molar-refractivity contribution >= 4 is 17.5 Å². The molecule has 0 spiro atoms. The maximum Gasteiger partial charge on any atom is 0.255 e. The number of rotatable bonds is 4. The summed E-state index contributed by atoms with van der Waals surface area (Å²) in [6.07, 6.45) is 2.89. The number of dihydropyridines is 1. The van der Waals surface area contributed by atoms with Gasteiger partial charge in [-0.15, -0.1) is 0 Å². The van der Waals surface area contributed by atoms with E-state index in [0.29, 0.717) is 29.1 Å². The second-order valence-corrected chi connectivity index (χ2v) is 7.87. The molecule has 1 aromatic carbocycles. The first kappa shape index (κ1) is 19.9. The van der Waals surface area contributed by atoms with Gasteiger partial charge < -0.3 is 15.4 Å². The van der Waals surface area contributed by atoms with Crippen molar-refractivity contribution in [2.75, 3.05) is 12.4 Å². The Bertz CT molecular complexity index is 1060. The third kappa shape index (κ3) is 3.73. The minimum atomic E-state index is -0.458. The third-order valence-corrected chi connectivity index (χ3v) is 5.61. The molecule has 2 atom stereocenters. The van der Waals surface area contributed by atoms with E-state index < -0.39 is 5.92 Å². The molecule has 0 saturated carbocycles. The summed E-state index contributed by atoms with van der Waals surface area (Å²) < 4.78 is 5.40. The van der Waals surface area contributed by atoms with Crippen LogP contribution in [0.2, 0.25) is 0 Å². The second kappa shape index (κ2) is 8.14. The Morgan fingerprint density at radius 2 is 2.03 bits per heavy atom. The van der Waals surface area contributed by atoms with Crippen LogP contribution >= 0.6 is 0 Å². The van der Waals surface area contributed by atoms with E-state index in [0.717, 1.165) is 23.4 Å². The number of benzene rings is 1. The lowest BCUT2D eigenvalue weighted by atomic mass is 9.73. The Morgan fingerprint density at radius 1 is 1.20 bits per heavy atom. The smallest absolute Gasteiger partial charge is 0.255 e. The summed E-state index contributed by atoms with van der Waals surface area (Å²) in [5.74, 6) is 0.776. The van der Waals surface area contributed by atoms with Gasteiger partial charge in [0, 0.05) is 41.1 Å². The Kier molecular flexibility index (Phi) is 5.40. The number of pyridine rings is 1. The van der Waals surface area contributed by atoms with E-state index in [-0.39, 0.29) is 17.6 Å². The topological polar surface area (TPSA) is 80.3 Å². The Balaban J connectivity index is 1.81. The molecule has 154 valence electrons. The fourth-order valence-corrected chi connectivity index (χ4v) is 4.31. The molecule has 0 bridgehead atoms. The Morgan fingerprint density at radius 3 is 2.77 bits per heavy atom. The number of ketones is 1. The van der Waals surface area contributed by atoms with Crippen molar-refractivity contribution < 1.29 is 14.3 Å². The van der Waals surface area contributed by atoms with Gasteiger partial charge in [-0.25, -0.2) is 4.98 Å². The number of nitrogens with one attached hydrogen (secondary N) is 2. The summed E-state index contributed by atoms with van der Waals surface area (Å²) >= 11 is 0. The fourth-order valence-electron chi connectivity index (χ4n) is 4.31. The van der Waals surface area contributed by atoms with Crippen LogP contribution in [0.15, 0.2) is 71.2 Å². The van der Waals surface area contributed by atoms with Crippen LogP contribution in [-0.2, 0) is 9.59 Å². The molecule has 6 nitrogen and oxygen atoms in total. The summed E-state index contributed by atoms with van der Waals surface area (Å²) in [6.45, 7) is 3.96. The molecule has 4 rings (SSSR count). The lowest BCUT2D eigenvalue weighted by Crippen LogP contribution is -2.37. The van der Waals surface area contributed by atoms with E-state index in [1.54, 1.807) is 25.4 Å². The average molecular weight is 403 g/mol. The summed E-state index contributed by atoms with van der Waals surface area (Å²) in [7, 11) is 1.61. The molecular formula is C24H25N3O3. The van der Waals surface area contributed by atoms with Crippen LogP contribution in [0.3, 0.4) is 0 Å². The second-order valence-electron chi connectivity index (χ2n) is 7.87. The summed E-state index contributed by atoms with van der Waals surface area (Å²) in [4.78, 5) is 30.7. The number of anilines is 1. The van der Waals surface area contributed by atoms with Crippen molar-refractivity contribution in [3.05, 3.63) is 76.8 Å². The Labute approximate surface area is 176 Å². The number of hydrogen-bond donors (Lipinski definition) is 2. The molecule has 1 aliphatic heterocycles. The molecule has 30 heavy (non-hydrogen) atoms. The van der Waals surface area contributed by atoms with Gasteiger partial charge in [0.25, 0.3) is 5.91 Å². The predicted molar refractivity (Wildman–Crippen MR) is 115 cm³/mol. The fraction of sp³-hybridized carbons (Fsp3) is 0.292. The zero-order valence-electron chi connectivity index (χ0n) is 17.4. The van der Waals surface area contributed by atoms with Crippen molar-refractivity contribution in [1.82, 2.24) is 10.3 Å². The van der Waals surface area contributed by atoms with Crippen molar-refractivity contribution in [3.63, 3.8) is 0 Å². The van der Waals surface area contributed by atoms with E-state index in [9.17, 15) is 9.59 Å². The number of methoxy groups -OCH3 is 1. The number of aromatic nitrogens is 1. The predicted octanol–water partition coefficient (Wildman–Crippen LogP) is 3.94. The van der Waals surface area contributed by atoms with Crippen molar-refractivity contribution in [2.24, 2.45) is 5.92 Å². The lowest BCUT2D eigenvalue weighted by Gasteiger charge is -2.36. The summed E-state index contributed by atoms with van der Waals surface area (Å²) in [5, 5.41) is 6.23. The lowest BCUT2D eigenvalue weighted by molar-refractivity contribution is -0.117. The summed E-state index contributed by atoms with van der Waals surface area (Å²) in [5.41, 5.74) is 3.72. The van der Waals surface area contributed by atoms with E-state index in [2.05, 4.69) is 22.5 Å². The molecule has 1 amide bonds. The first-order chi connectivity index (χ1) is 14.5. The molecule has 6 heteroatoms. The van der Waals surface area contributed by atoms with Gasteiger partial charge in [0.05, 0.1) is 7.11 Å². The highest BCUT2D eigenvalue weighted by Crippen LogP contribution is 2.44. The highest BCUT2D eigenvalue weighted by atomic mass is 16.5. The molecule has 2 N–H and O–H groups in total. The molecule has 0 fully saturated rings. The molecule has 0 unspecified atom stereocenters. The SMILES string of the molecule is COc1cccc([C@@H]2C(C(=O)Nc3ccccn3)=C(C)NC3=C2C(=O)C[C@H](C)C3)c1. The van der Waals surface area contributed by atoms with Crippen LogP contribution < -0.4 is 15.4 Å². The van der Waals surface area contributed by atoms with Crippen LogP contribution in [0, 0.1) is 5.92 Å². The van der Waals surface area contributed by atoms with E-state index in [1.165, 1.54) is 0 Å². The van der Waals surface area contributed by atoms with E-state index >= 15 is 0 Å². The van der Waals surface area contributed by atoms with Crippen LogP contribution in [-0.4, -0.2) is 23.8 Å². The number of Topliss-reactive ketones (excluding diaryl/α,β-unsaturated/α-hetero) is 1. The third-order valence-electron chi connectivity index (χ3n) is 5.61. The van der Waals surface area contributed by atoms with Gasteiger partial charge in [-0.2, -0.15) is 0 Å². The number of nitrogens with zero attached hydrogens (tertiary/aromatic N) is 1. The van der Waals surface area contributed by atoms with Gasteiger partial charge in [0.1, 0.15) is 11.6 Å². The summed E-state index contributed by atoms with van der Waals surface area (Å²) in [6, 6.07) is 12.9. The molecular weight excluding hydrogens is 378 g/mol. The molecule has 0 radical (unpaired) electrons. The molecule has 1 aromatic heterocycles. The van der Waals surface area contributed by atoms with Gasteiger partial charge >= 0.3 is 0 Å². The zero-order valence-corrected chi connectivity index (χ0v) is 17.4. The maximum atomic E-state index is 13.3. The van der Waals surface area contributed by atoms with Gasteiger partial charge in [-0.1, -0.05) is 25.1 Å². The largest absolute Gasteiger partial charge is 0.497 e. The van der Waals surface area contributed by atoms with E-state index in [1.807, 2.05) is 37.3 Å². The molecule has 2 aliphatic rings.